The van der Waals surface area contributed by atoms with Gasteiger partial charge in [0.2, 0.25) is 0 Å². The summed E-state index contributed by atoms with van der Waals surface area (Å²) in [6, 6.07) is 8.03. The average molecular weight is 352 g/mol. The number of ether oxygens (including phenoxy) is 2. The van der Waals surface area contributed by atoms with E-state index in [4.69, 9.17) is 9.47 Å². The molecule has 7 nitrogen and oxygen atoms in total. The van der Waals surface area contributed by atoms with Crippen LogP contribution in [0.4, 0.5) is 0 Å². The molecule has 0 radical (unpaired) electrons. The van der Waals surface area contributed by atoms with E-state index in [1.807, 2.05) is 31.2 Å². The maximum Gasteiger partial charge on any atom is 0.294 e. The standard InChI is InChI=1S/C16H20N2O5S/c1-12-15(7-8-23-18(19)20)24-16(17-12)14-5-3-13(4-6-14)11-22-10-9-21-2/h3-6H,7-11H2,1-2H3. The van der Waals surface area contributed by atoms with Crippen LogP contribution in [0.2, 0.25) is 0 Å². The molecule has 0 aliphatic rings. The number of methoxy groups -OCH3 is 1. The van der Waals surface area contributed by atoms with Gasteiger partial charge in [0.25, 0.3) is 5.09 Å². The van der Waals surface area contributed by atoms with Gasteiger partial charge in [0, 0.05) is 24.0 Å². The van der Waals surface area contributed by atoms with Crippen molar-refractivity contribution in [2.75, 3.05) is 26.9 Å². The van der Waals surface area contributed by atoms with Gasteiger partial charge in [-0.15, -0.1) is 21.5 Å². The fourth-order valence-corrected chi connectivity index (χ4v) is 3.12. The Kier molecular flexibility index (Phi) is 7.10. The van der Waals surface area contributed by atoms with Crippen LogP contribution in [-0.4, -0.2) is 37.0 Å². The Balaban J connectivity index is 1.94. The highest BCUT2D eigenvalue weighted by molar-refractivity contribution is 7.15. The minimum atomic E-state index is -0.773. The molecule has 0 atom stereocenters. The van der Waals surface area contributed by atoms with Crippen molar-refractivity contribution in [3.05, 3.63) is 50.5 Å². The molecular formula is C16H20N2O5S. The molecule has 8 heteroatoms. The zero-order valence-corrected chi connectivity index (χ0v) is 14.5. The second-order valence-electron chi connectivity index (χ2n) is 5.08. The minimum absolute atomic E-state index is 0.0488. The summed E-state index contributed by atoms with van der Waals surface area (Å²) in [5.41, 5.74) is 2.99. The van der Waals surface area contributed by atoms with E-state index in [1.165, 1.54) is 11.3 Å². The number of nitrogens with zero attached hydrogens (tertiary/aromatic N) is 2. The lowest BCUT2D eigenvalue weighted by Gasteiger charge is -2.04. The van der Waals surface area contributed by atoms with E-state index in [-0.39, 0.29) is 6.61 Å². The van der Waals surface area contributed by atoms with Crippen molar-refractivity contribution < 1.29 is 19.4 Å². The molecule has 1 aromatic carbocycles. The number of rotatable bonds is 10. The maximum atomic E-state index is 10.2. The van der Waals surface area contributed by atoms with Gasteiger partial charge in [0.15, 0.2) is 0 Å². The average Bonchev–Trinajstić information content (AvgIpc) is 2.93. The van der Waals surface area contributed by atoms with Crippen LogP contribution in [0.3, 0.4) is 0 Å². The van der Waals surface area contributed by atoms with E-state index in [2.05, 4.69) is 9.82 Å². The third kappa shape index (κ3) is 5.55. The maximum absolute atomic E-state index is 10.2. The van der Waals surface area contributed by atoms with E-state index in [0.29, 0.717) is 26.2 Å². The van der Waals surface area contributed by atoms with Crippen molar-refractivity contribution in [2.24, 2.45) is 0 Å². The Morgan fingerprint density at radius 3 is 2.62 bits per heavy atom. The first kappa shape index (κ1) is 18.3. The summed E-state index contributed by atoms with van der Waals surface area (Å²) in [4.78, 5) is 20.1. The largest absolute Gasteiger partial charge is 0.382 e. The highest BCUT2D eigenvalue weighted by Gasteiger charge is 2.10. The third-order valence-electron chi connectivity index (χ3n) is 3.32. The van der Waals surface area contributed by atoms with Gasteiger partial charge in [0.1, 0.15) is 11.6 Å². The highest BCUT2D eigenvalue weighted by Crippen LogP contribution is 2.28. The molecule has 0 unspecified atom stereocenters. The zero-order chi connectivity index (χ0) is 17.4. The lowest BCUT2D eigenvalue weighted by atomic mass is 10.1. The van der Waals surface area contributed by atoms with Crippen LogP contribution in [-0.2, 0) is 27.3 Å². The smallest absolute Gasteiger partial charge is 0.294 e. The van der Waals surface area contributed by atoms with Gasteiger partial charge < -0.3 is 14.3 Å². The second-order valence-corrected chi connectivity index (χ2v) is 6.16. The Morgan fingerprint density at radius 2 is 1.96 bits per heavy atom. The molecule has 0 saturated heterocycles. The summed E-state index contributed by atoms with van der Waals surface area (Å²) in [5, 5.41) is 10.3. The number of aryl methyl sites for hydroxylation is 1. The quantitative estimate of drug-likeness (QED) is 0.371. The topological polar surface area (TPSA) is 83.7 Å². The van der Waals surface area contributed by atoms with Crippen LogP contribution >= 0.6 is 11.3 Å². The zero-order valence-electron chi connectivity index (χ0n) is 13.7. The van der Waals surface area contributed by atoms with Gasteiger partial charge in [-0.1, -0.05) is 24.3 Å². The van der Waals surface area contributed by atoms with E-state index < -0.39 is 5.09 Å². The van der Waals surface area contributed by atoms with Crippen molar-refractivity contribution >= 4 is 11.3 Å². The molecule has 1 aromatic heterocycles. The molecule has 0 aliphatic heterocycles. The number of benzene rings is 1. The highest BCUT2D eigenvalue weighted by atomic mass is 32.1. The van der Waals surface area contributed by atoms with Gasteiger partial charge in [-0.3, -0.25) is 0 Å². The molecule has 0 amide bonds. The lowest BCUT2D eigenvalue weighted by molar-refractivity contribution is -0.757. The summed E-state index contributed by atoms with van der Waals surface area (Å²) in [6.45, 7) is 3.65. The van der Waals surface area contributed by atoms with Crippen molar-refractivity contribution in [1.82, 2.24) is 4.98 Å². The number of hydrogen-bond donors (Lipinski definition) is 0. The van der Waals surface area contributed by atoms with Crippen molar-refractivity contribution in [3.8, 4) is 10.6 Å². The predicted octanol–water partition coefficient (Wildman–Crippen LogP) is 3.03. The van der Waals surface area contributed by atoms with E-state index in [1.54, 1.807) is 7.11 Å². The molecule has 0 fully saturated rings. The molecule has 0 spiro atoms. The molecule has 0 N–H and O–H groups in total. The van der Waals surface area contributed by atoms with Crippen LogP contribution in [0.25, 0.3) is 10.6 Å². The first-order valence-corrected chi connectivity index (χ1v) is 8.31. The van der Waals surface area contributed by atoms with Crippen molar-refractivity contribution in [2.45, 2.75) is 20.0 Å². The molecule has 2 rings (SSSR count). The third-order valence-corrected chi connectivity index (χ3v) is 4.59. The van der Waals surface area contributed by atoms with E-state index in [9.17, 15) is 10.1 Å². The van der Waals surface area contributed by atoms with Gasteiger partial charge in [-0.2, -0.15) is 0 Å². The summed E-state index contributed by atoms with van der Waals surface area (Å²) >= 11 is 1.53. The van der Waals surface area contributed by atoms with Gasteiger partial charge >= 0.3 is 0 Å². The summed E-state index contributed by atoms with van der Waals surface area (Å²) in [5.74, 6) is 0. The van der Waals surface area contributed by atoms with Crippen LogP contribution < -0.4 is 0 Å². The normalized spacial score (nSPS) is 10.8. The Morgan fingerprint density at radius 1 is 1.21 bits per heavy atom. The number of thiazole rings is 1. The summed E-state index contributed by atoms with van der Waals surface area (Å²) < 4.78 is 10.4. The van der Waals surface area contributed by atoms with Crippen LogP contribution in [0, 0.1) is 17.0 Å². The number of hydrogen-bond acceptors (Lipinski definition) is 7. The SMILES string of the molecule is COCCOCc1ccc(-c2nc(C)c(CCO[N+](=O)[O-])s2)cc1. The fraction of sp³-hybridized carbons (Fsp3) is 0.438. The van der Waals surface area contributed by atoms with Crippen LogP contribution in [0.1, 0.15) is 16.1 Å². The molecule has 0 saturated carbocycles. The molecular weight excluding hydrogens is 332 g/mol. The Bertz CT molecular complexity index is 657. The van der Waals surface area contributed by atoms with Gasteiger partial charge in [0.05, 0.1) is 25.5 Å². The number of aromatic nitrogens is 1. The van der Waals surface area contributed by atoms with E-state index >= 15 is 0 Å². The van der Waals surface area contributed by atoms with Gasteiger partial charge in [-0.25, -0.2) is 4.98 Å². The van der Waals surface area contributed by atoms with Crippen LogP contribution in [0.15, 0.2) is 24.3 Å². The van der Waals surface area contributed by atoms with Crippen molar-refractivity contribution in [3.63, 3.8) is 0 Å². The Hall–Kier alpha value is -2.03. The molecule has 0 bridgehead atoms. The van der Waals surface area contributed by atoms with Crippen molar-refractivity contribution in [1.29, 1.82) is 0 Å². The monoisotopic (exact) mass is 352 g/mol. The van der Waals surface area contributed by atoms with Gasteiger partial charge in [-0.05, 0) is 12.5 Å². The molecule has 24 heavy (non-hydrogen) atoms. The molecule has 1 heterocycles. The second kappa shape index (κ2) is 9.31. The van der Waals surface area contributed by atoms with E-state index in [0.717, 1.165) is 26.7 Å². The predicted molar refractivity (Wildman–Crippen MR) is 90.5 cm³/mol. The lowest BCUT2D eigenvalue weighted by Crippen LogP contribution is -2.04. The fourth-order valence-electron chi connectivity index (χ4n) is 2.07. The molecule has 130 valence electrons. The van der Waals surface area contributed by atoms with Crippen LogP contribution in [0.5, 0.6) is 0 Å². The minimum Gasteiger partial charge on any atom is -0.382 e. The Labute approximate surface area is 144 Å². The molecule has 0 aliphatic carbocycles. The molecule has 2 aromatic rings. The summed E-state index contributed by atoms with van der Waals surface area (Å²) in [7, 11) is 1.64. The first-order valence-electron chi connectivity index (χ1n) is 7.49. The summed E-state index contributed by atoms with van der Waals surface area (Å²) in [6.07, 6.45) is 0.482. The first-order chi connectivity index (χ1) is 11.6.